The Morgan fingerprint density at radius 1 is 1.27 bits per heavy atom. The monoisotopic (exact) mass is 298 g/mol. The van der Waals surface area contributed by atoms with Crippen LogP contribution in [0.2, 0.25) is 0 Å². The maximum atomic E-state index is 12.8. The van der Waals surface area contributed by atoms with Crippen molar-refractivity contribution in [2.75, 3.05) is 13.1 Å². The molecule has 2 heterocycles. The summed E-state index contributed by atoms with van der Waals surface area (Å²) in [6.07, 6.45) is 3.84. The highest BCUT2D eigenvalue weighted by atomic mass is 16.4. The van der Waals surface area contributed by atoms with Gasteiger partial charge in [0.2, 0.25) is 0 Å². The fourth-order valence-corrected chi connectivity index (χ4v) is 3.15. The molecule has 1 aromatic carbocycles. The van der Waals surface area contributed by atoms with Crippen molar-refractivity contribution in [1.29, 1.82) is 0 Å². The zero-order chi connectivity index (χ0) is 15.7. The lowest BCUT2D eigenvalue weighted by atomic mass is 9.86. The fourth-order valence-electron chi connectivity index (χ4n) is 3.15. The Morgan fingerprint density at radius 2 is 2.05 bits per heavy atom. The van der Waals surface area contributed by atoms with E-state index in [1.54, 1.807) is 17.3 Å². The lowest BCUT2D eigenvalue weighted by Gasteiger charge is -2.35. The van der Waals surface area contributed by atoms with Gasteiger partial charge in [-0.15, -0.1) is 0 Å². The van der Waals surface area contributed by atoms with Gasteiger partial charge >= 0.3 is 5.97 Å². The summed E-state index contributed by atoms with van der Waals surface area (Å²) in [6, 6.07) is 7.66. The molecule has 1 aliphatic rings. The van der Waals surface area contributed by atoms with Crippen molar-refractivity contribution in [3.8, 4) is 0 Å². The highest BCUT2D eigenvalue weighted by Gasteiger charge is 2.33. The Labute approximate surface area is 128 Å². The van der Waals surface area contributed by atoms with Gasteiger partial charge in [0.05, 0.1) is 11.5 Å². The average molecular weight is 298 g/mol. The van der Waals surface area contributed by atoms with Gasteiger partial charge in [0.25, 0.3) is 5.91 Å². The summed E-state index contributed by atoms with van der Waals surface area (Å²) in [6.45, 7) is 2.84. The summed E-state index contributed by atoms with van der Waals surface area (Å²) in [4.78, 5) is 29.8. The van der Waals surface area contributed by atoms with Crippen LogP contribution in [0, 0.1) is 11.8 Å². The lowest BCUT2D eigenvalue weighted by Crippen LogP contribution is -2.45. The number of nitrogens with zero attached hydrogens (tertiary/aromatic N) is 2. The molecule has 0 spiro atoms. The number of benzene rings is 1. The van der Waals surface area contributed by atoms with Crippen molar-refractivity contribution in [2.24, 2.45) is 11.8 Å². The number of carbonyl (C=O) groups is 2. The van der Waals surface area contributed by atoms with Gasteiger partial charge in [-0.1, -0.05) is 31.2 Å². The van der Waals surface area contributed by atoms with E-state index in [1.165, 1.54) is 0 Å². The van der Waals surface area contributed by atoms with Gasteiger partial charge < -0.3 is 10.0 Å². The molecule has 0 bridgehead atoms. The van der Waals surface area contributed by atoms with Crippen LogP contribution in [0.25, 0.3) is 10.8 Å². The third kappa shape index (κ3) is 2.54. The molecule has 1 aromatic heterocycles. The first-order valence-electron chi connectivity index (χ1n) is 7.42. The zero-order valence-corrected chi connectivity index (χ0v) is 12.4. The minimum atomic E-state index is -0.772. The number of carboxylic acid groups (broad SMARTS) is 1. The number of hydrogen-bond donors (Lipinski definition) is 1. The second kappa shape index (κ2) is 5.75. The second-order valence-electron chi connectivity index (χ2n) is 5.87. The number of likely N-dealkylation sites (tertiary alicyclic amines) is 1. The normalized spacial score (nSPS) is 21.8. The Balaban J connectivity index is 1.87. The molecule has 1 N–H and O–H groups in total. The van der Waals surface area contributed by atoms with Crippen molar-refractivity contribution >= 4 is 22.6 Å². The third-order valence-corrected chi connectivity index (χ3v) is 4.41. The predicted molar refractivity (Wildman–Crippen MR) is 82.6 cm³/mol. The number of rotatable bonds is 2. The molecule has 0 saturated carbocycles. The molecule has 5 nitrogen and oxygen atoms in total. The predicted octanol–water partition coefficient (Wildman–Crippen LogP) is 2.42. The Bertz CT molecular complexity index is 723. The number of fused-ring (bicyclic) bond motifs is 1. The Hall–Kier alpha value is -2.43. The quantitative estimate of drug-likeness (QED) is 0.924. The van der Waals surface area contributed by atoms with Crippen LogP contribution in [-0.2, 0) is 4.79 Å². The first-order valence-corrected chi connectivity index (χ1v) is 7.42. The molecule has 0 aliphatic carbocycles. The standard InChI is InChI=1S/C17H18N2O3/c1-11-10-19(7-6-13(11)17(21)22)16(20)15-9-18-8-12-4-2-3-5-14(12)15/h2-5,8-9,11,13H,6-7,10H2,1H3,(H,21,22). The first kappa shape index (κ1) is 14.5. The van der Waals surface area contributed by atoms with E-state index in [0.29, 0.717) is 25.1 Å². The zero-order valence-electron chi connectivity index (χ0n) is 12.4. The first-order chi connectivity index (χ1) is 10.6. The highest BCUT2D eigenvalue weighted by molar-refractivity contribution is 6.06. The molecule has 114 valence electrons. The van der Waals surface area contributed by atoms with Crippen LogP contribution in [0.15, 0.2) is 36.7 Å². The molecule has 3 rings (SSSR count). The van der Waals surface area contributed by atoms with E-state index in [9.17, 15) is 14.7 Å². The van der Waals surface area contributed by atoms with Gasteiger partial charge in [0.15, 0.2) is 0 Å². The Morgan fingerprint density at radius 3 is 2.77 bits per heavy atom. The van der Waals surface area contributed by atoms with Gasteiger partial charge in [-0.2, -0.15) is 0 Å². The summed E-state index contributed by atoms with van der Waals surface area (Å²) in [5.74, 6) is -1.25. The van der Waals surface area contributed by atoms with E-state index in [1.807, 2.05) is 31.2 Å². The van der Waals surface area contributed by atoms with Crippen LogP contribution in [0.4, 0.5) is 0 Å². The lowest BCUT2D eigenvalue weighted by molar-refractivity contribution is -0.145. The van der Waals surface area contributed by atoms with E-state index >= 15 is 0 Å². The number of piperidine rings is 1. The number of hydrogen-bond acceptors (Lipinski definition) is 3. The maximum absolute atomic E-state index is 12.8. The number of aliphatic carboxylic acids is 1. The van der Waals surface area contributed by atoms with Crippen LogP contribution >= 0.6 is 0 Å². The van der Waals surface area contributed by atoms with Crippen molar-refractivity contribution in [1.82, 2.24) is 9.88 Å². The van der Waals surface area contributed by atoms with E-state index in [-0.39, 0.29) is 17.7 Å². The summed E-state index contributed by atoms with van der Waals surface area (Å²) >= 11 is 0. The molecule has 1 aliphatic heterocycles. The largest absolute Gasteiger partial charge is 0.481 e. The van der Waals surface area contributed by atoms with Gasteiger partial charge in [-0.25, -0.2) is 0 Å². The fraction of sp³-hybridized carbons (Fsp3) is 0.353. The summed E-state index contributed by atoms with van der Waals surface area (Å²) < 4.78 is 0. The average Bonchev–Trinajstić information content (AvgIpc) is 2.53. The summed E-state index contributed by atoms with van der Waals surface area (Å²) in [5.41, 5.74) is 0.582. The SMILES string of the molecule is CC1CN(C(=O)c2cncc3ccccc23)CCC1C(=O)O. The molecular formula is C17H18N2O3. The van der Waals surface area contributed by atoms with Crippen LogP contribution in [0.5, 0.6) is 0 Å². The smallest absolute Gasteiger partial charge is 0.306 e. The number of carbonyl (C=O) groups excluding carboxylic acids is 1. The molecule has 2 aromatic rings. The summed E-state index contributed by atoms with van der Waals surface area (Å²) in [5, 5.41) is 11.0. The maximum Gasteiger partial charge on any atom is 0.306 e. The topological polar surface area (TPSA) is 70.5 Å². The molecule has 1 saturated heterocycles. The van der Waals surface area contributed by atoms with Gasteiger partial charge in [0, 0.05) is 30.9 Å². The number of aromatic nitrogens is 1. The molecule has 5 heteroatoms. The molecule has 22 heavy (non-hydrogen) atoms. The number of amides is 1. The van der Waals surface area contributed by atoms with E-state index in [4.69, 9.17) is 0 Å². The van der Waals surface area contributed by atoms with Crippen LogP contribution in [0.1, 0.15) is 23.7 Å². The van der Waals surface area contributed by atoms with E-state index in [0.717, 1.165) is 10.8 Å². The molecule has 1 fully saturated rings. The van der Waals surface area contributed by atoms with Crippen LogP contribution in [-0.4, -0.2) is 40.0 Å². The Kier molecular flexibility index (Phi) is 3.79. The minimum absolute atomic E-state index is 0.0434. The van der Waals surface area contributed by atoms with Crippen molar-refractivity contribution in [3.63, 3.8) is 0 Å². The molecule has 2 atom stereocenters. The van der Waals surface area contributed by atoms with Crippen molar-refractivity contribution in [3.05, 3.63) is 42.2 Å². The third-order valence-electron chi connectivity index (χ3n) is 4.41. The van der Waals surface area contributed by atoms with Crippen LogP contribution < -0.4 is 0 Å². The van der Waals surface area contributed by atoms with Crippen LogP contribution in [0.3, 0.4) is 0 Å². The van der Waals surface area contributed by atoms with Gasteiger partial charge in [-0.3, -0.25) is 14.6 Å². The van der Waals surface area contributed by atoms with Gasteiger partial charge in [0.1, 0.15) is 0 Å². The van der Waals surface area contributed by atoms with E-state index in [2.05, 4.69) is 4.98 Å². The summed E-state index contributed by atoms with van der Waals surface area (Å²) in [7, 11) is 0. The molecule has 1 amide bonds. The number of pyridine rings is 1. The van der Waals surface area contributed by atoms with Crippen molar-refractivity contribution < 1.29 is 14.7 Å². The molecule has 2 unspecified atom stereocenters. The molecule has 0 radical (unpaired) electrons. The van der Waals surface area contributed by atoms with E-state index < -0.39 is 5.97 Å². The number of carboxylic acids is 1. The minimum Gasteiger partial charge on any atom is -0.481 e. The highest BCUT2D eigenvalue weighted by Crippen LogP contribution is 2.26. The van der Waals surface area contributed by atoms with Gasteiger partial charge in [-0.05, 0) is 17.7 Å². The second-order valence-corrected chi connectivity index (χ2v) is 5.87. The molecular weight excluding hydrogens is 280 g/mol. The van der Waals surface area contributed by atoms with Crippen molar-refractivity contribution in [2.45, 2.75) is 13.3 Å².